The molecular weight excluding hydrogens is 264 g/mol. The normalized spacial score (nSPS) is 20.6. The predicted molar refractivity (Wildman–Crippen MR) is 72.3 cm³/mol. The van der Waals surface area contributed by atoms with Crippen LogP contribution in [0, 0.1) is 5.92 Å². The van der Waals surface area contributed by atoms with Gasteiger partial charge in [0, 0.05) is 45.0 Å². The molecule has 2 fully saturated rings. The van der Waals surface area contributed by atoms with Crippen molar-refractivity contribution in [2.45, 2.75) is 18.1 Å². The summed E-state index contributed by atoms with van der Waals surface area (Å²) < 4.78 is 25.5. The van der Waals surface area contributed by atoms with Gasteiger partial charge in [0.2, 0.25) is 16.0 Å². The Bertz CT molecular complexity index is 538. The molecule has 0 N–H and O–H groups in total. The van der Waals surface area contributed by atoms with E-state index in [9.17, 15) is 8.42 Å². The number of anilines is 1. The summed E-state index contributed by atoms with van der Waals surface area (Å²) in [6.07, 6.45) is 5.08. The molecule has 6 nitrogen and oxygen atoms in total. The first-order valence-corrected chi connectivity index (χ1v) is 8.05. The number of rotatable bonds is 5. The molecule has 0 bridgehead atoms. The quantitative estimate of drug-likeness (QED) is 0.779. The Kier molecular flexibility index (Phi) is 3.18. The predicted octanol–water partition coefficient (Wildman–Crippen LogP) is 0.337. The second-order valence-corrected chi connectivity index (χ2v) is 7.66. The van der Waals surface area contributed by atoms with E-state index in [1.54, 1.807) is 25.5 Å². The minimum absolute atomic E-state index is 0.119. The lowest BCUT2D eigenvalue weighted by molar-refractivity contribution is 0.324. The minimum Gasteiger partial charge on any atom is -0.340 e. The maximum absolute atomic E-state index is 12.0. The maximum atomic E-state index is 12.0. The third-order valence-corrected chi connectivity index (χ3v) is 6.02. The molecule has 0 unspecified atom stereocenters. The van der Waals surface area contributed by atoms with E-state index in [0.717, 1.165) is 31.9 Å². The molecule has 0 atom stereocenters. The van der Waals surface area contributed by atoms with Crippen LogP contribution in [-0.4, -0.2) is 54.6 Å². The molecule has 7 heteroatoms. The van der Waals surface area contributed by atoms with Gasteiger partial charge in [-0.05, 0) is 18.9 Å². The fraction of sp³-hybridized carbons (Fsp3) is 0.667. The highest BCUT2D eigenvalue weighted by atomic mass is 32.2. The highest BCUT2D eigenvalue weighted by Gasteiger charge is 2.40. The third-order valence-electron chi connectivity index (χ3n) is 3.69. The van der Waals surface area contributed by atoms with Crippen LogP contribution in [0.25, 0.3) is 0 Å². The Labute approximate surface area is 113 Å². The molecular formula is C12H18N4O2S. The van der Waals surface area contributed by atoms with Gasteiger partial charge >= 0.3 is 0 Å². The van der Waals surface area contributed by atoms with Crippen LogP contribution in [-0.2, 0) is 10.0 Å². The van der Waals surface area contributed by atoms with Crippen LogP contribution in [0.4, 0.5) is 5.95 Å². The van der Waals surface area contributed by atoms with Gasteiger partial charge in [0.1, 0.15) is 0 Å². The SMILES string of the molecule is CN(CC1CN(c2ncccn2)C1)S(=O)(=O)C1CC1. The van der Waals surface area contributed by atoms with Crippen molar-refractivity contribution in [3.05, 3.63) is 18.5 Å². The van der Waals surface area contributed by atoms with E-state index >= 15 is 0 Å². The molecule has 0 amide bonds. The molecule has 1 saturated carbocycles. The summed E-state index contributed by atoms with van der Waals surface area (Å²) in [6, 6.07) is 1.79. The molecule has 3 rings (SSSR count). The van der Waals surface area contributed by atoms with Crippen molar-refractivity contribution in [3.63, 3.8) is 0 Å². The zero-order valence-electron chi connectivity index (χ0n) is 10.9. The van der Waals surface area contributed by atoms with E-state index in [1.165, 1.54) is 4.31 Å². The number of aromatic nitrogens is 2. The van der Waals surface area contributed by atoms with Gasteiger partial charge in [-0.25, -0.2) is 22.7 Å². The monoisotopic (exact) mass is 282 g/mol. The van der Waals surface area contributed by atoms with E-state index in [4.69, 9.17) is 0 Å². The Morgan fingerprint density at radius 2 is 1.95 bits per heavy atom. The van der Waals surface area contributed by atoms with Crippen molar-refractivity contribution >= 4 is 16.0 Å². The minimum atomic E-state index is -3.04. The van der Waals surface area contributed by atoms with Gasteiger partial charge in [-0.15, -0.1) is 0 Å². The van der Waals surface area contributed by atoms with Crippen molar-refractivity contribution in [1.82, 2.24) is 14.3 Å². The molecule has 2 aliphatic rings. The lowest BCUT2D eigenvalue weighted by Crippen LogP contribution is -2.52. The molecule has 0 radical (unpaired) electrons. The number of sulfonamides is 1. The van der Waals surface area contributed by atoms with Crippen molar-refractivity contribution < 1.29 is 8.42 Å². The van der Waals surface area contributed by atoms with Gasteiger partial charge in [0.05, 0.1) is 5.25 Å². The summed E-state index contributed by atoms with van der Waals surface area (Å²) in [4.78, 5) is 10.4. The van der Waals surface area contributed by atoms with Gasteiger partial charge in [0.25, 0.3) is 0 Å². The fourth-order valence-electron chi connectivity index (χ4n) is 2.39. The molecule has 1 aromatic heterocycles. The highest BCUT2D eigenvalue weighted by molar-refractivity contribution is 7.90. The molecule has 1 saturated heterocycles. The maximum Gasteiger partial charge on any atom is 0.225 e. The molecule has 19 heavy (non-hydrogen) atoms. The van der Waals surface area contributed by atoms with Crippen LogP contribution in [0.15, 0.2) is 18.5 Å². The van der Waals surface area contributed by atoms with E-state index in [0.29, 0.717) is 12.5 Å². The van der Waals surface area contributed by atoms with E-state index in [2.05, 4.69) is 14.9 Å². The van der Waals surface area contributed by atoms with Crippen molar-refractivity contribution in [2.24, 2.45) is 5.92 Å². The summed E-state index contributed by atoms with van der Waals surface area (Å²) in [5.41, 5.74) is 0. The number of hydrogen-bond donors (Lipinski definition) is 0. The Hall–Kier alpha value is -1.21. The largest absolute Gasteiger partial charge is 0.340 e. The summed E-state index contributed by atoms with van der Waals surface area (Å²) in [7, 11) is -1.35. The van der Waals surface area contributed by atoms with Crippen LogP contribution in [0.2, 0.25) is 0 Å². The average molecular weight is 282 g/mol. The van der Waals surface area contributed by atoms with Gasteiger partial charge in [0.15, 0.2) is 0 Å². The first-order chi connectivity index (χ1) is 9.07. The van der Waals surface area contributed by atoms with E-state index in [1.807, 2.05) is 0 Å². The van der Waals surface area contributed by atoms with Gasteiger partial charge in [-0.2, -0.15) is 0 Å². The molecule has 0 aromatic carbocycles. The van der Waals surface area contributed by atoms with Crippen LogP contribution < -0.4 is 4.90 Å². The molecule has 1 aromatic rings. The lowest BCUT2D eigenvalue weighted by Gasteiger charge is -2.40. The average Bonchev–Trinajstić information content (AvgIpc) is 3.18. The lowest BCUT2D eigenvalue weighted by atomic mass is 10.0. The molecule has 2 heterocycles. The first kappa shape index (κ1) is 12.8. The van der Waals surface area contributed by atoms with Crippen molar-refractivity contribution in [2.75, 3.05) is 31.6 Å². The number of nitrogens with zero attached hydrogens (tertiary/aromatic N) is 4. The molecule has 1 aliphatic heterocycles. The Morgan fingerprint density at radius 1 is 1.32 bits per heavy atom. The number of hydrogen-bond acceptors (Lipinski definition) is 5. The van der Waals surface area contributed by atoms with Crippen molar-refractivity contribution in [3.8, 4) is 0 Å². The second kappa shape index (κ2) is 4.72. The fourth-order valence-corrected chi connectivity index (χ4v) is 4.05. The third kappa shape index (κ3) is 2.57. The zero-order valence-corrected chi connectivity index (χ0v) is 11.8. The van der Waals surface area contributed by atoms with E-state index < -0.39 is 10.0 Å². The standard InChI is InChI=1S/C12H18N4O2S/c1-15(19(17,18)11-3-4-11)7-10-8-16(9-10)12-13-5-2-6-14-12/h2,5-6,10-11H,3-4,7-9H2,1H3. The molecule has 1 aliphatic carbocycles. The van der Waals surface area contributed by atoms with Crippen LogP contribution in [0.3, 0.4) is 0 Å². The second-order valence-electron chi connectivity index (χ2n) is 5.34. The smallest absolute Gasteiger partial charge is 0.225 e. The zero-order chi connectivity index (χ0) is 13.5. The van der Waals surface area contributed by atoms with Crippen LogP contribution >= 0.6 is 0 Å². The Morgan fingerprint density at radius 3 is 2.53 bits per heavy atom. The molecule has 0 spiro atoms. The summed E-state index contributed by atoms with van der Waals surface area (Å²) in [5, 5.41) is -0.119. The summed E-state index contributed by atoms with van der Waals surface area (Å²) in [5.74, 6) is 1.11. The van der Waals surface area contributed by atoms with Crippen molar-refractivity contribution in [1.29, 1.82) is 0 Å². The summed E-state index contributed by atoms with van der Waals surface area (Å²) in [6.45, 7) is 2.26. The Balaban J connectivity index is 1.52. The first-order valence-electron chi connectivity index (χ1n) is 6.54. The van der Waals surface area contributed by atoms with E-state index in [-0.39, 0.29) is 5.25 Å². The van der Waals surface area contributed by atoms with Gasteiger partial charge < -0.3 is 4.90 Å². The van der Waals surface area contributed by atoms with Gasteiger partial charge in [-0.1, -0.05) is 0 Å². The van der Waals surface area contributed by atoms with Crippen LogP contribution in [0.1, 0.15) is 12.8 Å². The highest BCUT2D eigenvalue weighted by Crippen LogP contribution is 2.31. The molecule has 104 valence electrons. The van der Waals surface area contributed by atoms with Crippen LogP contribution in [0.5, 0.6) is 0 Å². The summed E-state index contributed by atoms with van der Waals surface area (Å²) >= 11 is 0. The van der Waals surface area contributed by atoms with Gasteiger partial charge in [-0.3, -0.25) is 0 Å². The topological polar surface area (TPSA) is 66.4 Å².